The molecule has 1 aromatic rings. The molecule has 0 saturated carbocycles. The van der Waals surface area contributed by atoms with Gasteiger partial charge in [0, 0.05) is 6.04 Å². The lowest BCUT2D eigenvalue weighted by molar-refractivity contribution is -0.140. The highest BCUT2D eigenvalue weighted by Gasteiger charge is 2.32. The largest absolute Gasteiger partial charge is 0.494 e. The van der Waals surface area contributed by atoms with Gasteiger partial charge in [0.15, 0.2) is 11.6 Å². The Morgan fingerprint density at radius 2 is 2.00 bits per heavy atom. The van der Waals surface area contributed by atoms with Crippen LogP contribution < -0.4 is 10.1 Å². The molecule has 18 heavy (non-hydrogen) atoms. The first kappa shape index (κ1) is 14.8. The van der Waals surface area contributed by atoms with Gasteiger partial charge >= 0.3 is 6.18 Å². The molecule has 6 heteroatoms. The van der Waals surface area contributed by atoms with E-state index in [1.807, 2.05) is 0 Å². The van der Waals surface area contributed by atoms with E-state index in [1.54, 1.807) is 6.92 Å². The normalized spacial score (nSPS) is 13.4. The Morgan fingerprint density at radius 1 is 1.33 bits per heavy atom. The van der Waals surface area contributed by atoms with Gasteiger partial charge in [0.1, 0.15) is 0 Å². The Kier molecular flexibility index (Phi) is 4.95. The summed E-state index contributed by atoms with van der Waals surface area (Å²) in [7, 11) is 1.30. The number of alkyl halides is 3. The van der Waals surface area contributed by atoms with Gasteiger partial charge in [0.2, 0.25) is 0 Å². The van der Waals surface area contributed by atoms with Gasteiger partial charge in [-0.3, -0.25) is 0 Å². The Hall–Kier alpha value is -1.30. The van der Waals surface area contributed by atoms with Crippen LogP contribution in [0.2, 0.25) is 0 Å². The van der Waals surface area contributed by atoms with Crippen LogP contribution in [0.1, 0.15) is 24.9 Å². The van der Waals surface area contributed by atoms with E-state index in [4.69, 9.17) is 4.74 Å². The van der Waals surface area contributed by atoms with E-state index in [9.17, 15) is 17.6 Å². The molecule has 0 aliphatic carbocycles. The molecule has 0 heterocycles. The minimum absolute atomic E-state index is 0.0148. The van der Waals surface area contributed by atoms with Crippen LogP contribution in [0.4, 0.5) is 17.6 Å². The maximum Gasteiger partial charge on any atom is 0.390 e. The third kappa shape index (κ3) is 4.18. The number of hydrogen-bond acceptors (Lipinski definition) is 2. The lowest BCUT2D eigenvalue weighted by Gasteiger charge is -2.20. The summed E-state index contributed by atoms with van der Waals surface area (Å²) in [5.74, 6) is -0.652. The highest BCUT2D eigenvalue weighted by molar-refractivity contribution is 5.31. The highest BCUT2D eigenvalue weighted by Crippen LogP contribution is 2.31. The Bertz CT molecular complexity index is 392. The molecule has 1 unspecified atom stereocenters. The number of rotatable bonds is 5. The molecule has 0 radical (unpaired) electrons. The SMILES string of the molecule is CCNC(CC(F)(F)F)c1ccc(OC)c(F)c1. The molecule has 102 valence electrons. The average Bonchev–Trinajstić information content (AvgIpc) is 2.26. The van der Waals surface area contributed by atoms with Crippen LogP contribution in [0.15, 0.2) is 18.2 Å². The predicted molar refractivity (Wildman–Crippen MR) is 60.0 cm³/mol. The van der Waals surface area contributed by atoms with Crippen molar-refractivity contribution in [1.82, 2.24) is 5.32 Å². The average molecular weight is 265 g/mol. The zero-order chi connectivity index (χ0) is 13.8. The monoisotopic (exact) mass is 265 g/mol. The zero-order valence-corrected chi connectivity index (χ0v) is 10.1. The summed E-state index contributed by atoms with van der Waals surface area (Å²) in [5.41, 5.74) is 0.257. The molecule has 0 aliphatic rings. The number of ether oxygens (including phenoxy) is 1. The smallest absolute Gasteiger partial charge is 0.390 e. The van der Waals surface area contributed by atoms with Crippen LogP contribution in [0.3, 0.4) is 0 Å². The van der Waals surface area contributed by atoms with Crippen molar-refractivity contribution in [3.05, 3.63) is 29.6 Å². The van der Waals surface area contributed by atoms with Crippen LogP contribution in [0.5, 0.6) is 5.75 Å². The third-order valence-electron chi connectivity index (χ3n) is 2.46. The highest BCUT2D eigenvalue weighted by atomic mass is 19.4. The Balaban J connectivity index is 2.95. The summed E-state index contributed by atoms with van der Waals surface area (Å²) in [5, 5.41) is 2.69. The van der Waals surface area contributed by atoms with Crippen LogP contribution in [-0.4, -0.2) is 19.8 Å². The lowest BCUT2D eigenvalue weighted by atomic mass is 10.0. The van der Waals surface area contributed by atoms with Crippen molar-refractivity contribution < 1.29 is 22.3 Å². The molecule has 1 rings (SSSR count). The molecule has 1 aromatic carbocycles. The van der Waals surface area contributed by atoms with Gasteiger partial charge in [0.25, 0.3) is 0 Å². The lowest BCUT2D eigenvalue weighted by Crippen LogP contribution is -2.26. The van der Waals surface area contributed by atoms with Gasteiger partial charge in [-0.2, -0.15) is 13.2 Å². The summed E-state index contributed by atoms with van der Waals surface area (Å²) in [4.78, 5) is 0. The summed E-state index contributed by atoms with van der Waals surface area (Å²) >= 11 is 0. The predicted octanol–water partition coefficient (Wildman–Crippen LogP) is 3.44. The summed E-state index contributed by atoms with van der Waals surface area (Å²) in [6.07, 6.45) is -5.34. The van der Waals surface area contributed by atoms with Crippen LogP contribution >= 0.6 is 0 Å². The second kappa shape index (κ2) is 6.04. The van der Waals surface area contributed by atoms with Crippen molar-refractivity contribution in [2.75, 3.05) is 13.7 Å². The molecule has 0 bridgehead atoms. The molecule has 0 amide bonds. The van der Waals surface area contributed by atoms with E-state index in [-0.39, 0.29) is 11.3 Å². The van der Waals surface area contributed by atoms with E-state index in [1.165, 1.54) is 19.2 Å². The molecule has 0 spiro atoms. The third-order valence-corrected chi connectivity index (χ3v) is 2.46. The van der Waals surface area contributed by atoms with Gasteiger partial charge in [-0.15, -0.1) is 0 Å². The molecule has 0 aliphatic heterocycles. The molecule has 0 saturated heterocycles. The van der Waals surface area contributed by atoms with Gasteiger partial charge in [0.05, 0.1) is 13.5 Å². The van der Waals surface area contributed by atoms with Crippen molar-refractivity contribution >= 4 is 0 Å². The number of hydrogen-bond donors (Lipinski definition) is 1. The minimum Gasteiger partial charge on any atom is -0.494 e. The molecule has 2 nitrogen and oxygen atoms in total. The first-order valence-electron chi connectivity index (χ1n) is 5.51. The molecule has 1 atom stereocenters. The fraction of sp³-hybridized carbons (Fsp3) is 0.500. The van der Waals surface area contributed by atoms with Crippen molar-refractivity contribution in [3.63, 3.8) is 0 Å². The maximum atomic E-state index is 13.4. The topological polar surface area (TPSA) is 21.3 Å². The van der Waals surface area contributed by atoms with Crippen LogP contribution in [-0.2, 0) is 0 Å². The second-order valence-electron chi connectivity index (χ2n) is 3.82. The summed E-state index contributed by atoms with van der Waals surface area (Å²) < 4.78 is 55.4. The fourth-order valence-corrected chi connectivity index (χ4v) is 1.69. The van der Waals surface area contributed by atoms with Gasteiger partial charge in [-0.1, -0.05) is 13.0 Å². The van der Waals surface area contributed by atoms with E-state index in [2.05, 4.69) is 5.32 Å². The van der Waals surface area contributed by atoms with E-state index >= 15 is 0 Å². The number of halogens is 4. The zero-order valence-electron chi connectivity index (χ0n) is 10.1. The Labute approximate surface area is 103 Å². The van der Waals surface area contributed by atoms with E-state index in [0.29, 0.717) is 6.54 Å². The van der Waals surface area contributed by atoms with Crippen LogP contribution in [0.25, 0.3) is 0 Å². The van der Waals surface area contributed by atoms with Crippen molar-refractivity contribution in [2.45, 2.75) is 25.6 Å². The summed E-state index contributed by atoms with van der Waals surface area (Å²) in [6.45, 7) is 2.07. The van der Waals surface area contributed by atoms with Crippen molar-refractivity contribution in [1.29, 1.82) is 0 Å². The molecular weight excluding hydrogens is 250 g/mol. The second-order valence-corrected chi connectivity index (χ2v) is 3.82. The maximum absolute atomic E-state index is 13.4. The van der Waals surface area contributed by atoms with E-state index in [0.717, 1.165) is 6.07 Å². The molecule has 0 fully saturated rings. The first-order valence-corrected chi connectivity index (χ1v) is 5.51. The summed E-state index contributed by atoms with van der Waals surface area (Å²) in [6, 6.07) is 2.87. The molecule has 1 N–H and O–H groups in total. The quantitative estimate of drug-likeness (QED) is 0.823. The minimum atomic E-state index is -4.30. The first-order chi connectivity index (χ1) is 8.37. The number of methoxy groups -OCH3 is 1. The number of nitrogens with one attached hydrogen (secondary N) is 1. The standard InChI is InChI=1S/C12H15F4NO/c1-3-17-10(7-12(14,15)16)8-4-5-11(18-2)9(13)6-8/h4-6,10,17H,3,7H2,1-2H3. The molecule has 0 aromatic heterocycles. The van der Waals surface area contributed by atoms with Gasteiger partial charge in [-0.05, 0) is 24.2 Å². The van der Waals surface area contributed by atoms with Crippen molar-refractivity contribution in [2.24, 2.45) is 0 Å². The van der Waals surface area contributed by atoms with Gasteiger partial charge < -0.3 is 10.1 Å². The van der Waals surface area contributed by atoms with Gasteiger partial charge in [-0.25, -0.2) is 4.39 Å². The fourth-order valence-electron chi connectivity index (χ4n) is 1.69. The van der Waals surface area contributed by atoms with Crippen molar-refractivity contribution in [3.8, 4) is 5.75 Å². The number of benzene rings is 1. The molecular formula is C12H15F4NO. The Morgan fingerprint density at radius 3 is 2.44 bits per heavy atom. The van der Waals surface area contributed by atoms with E-state index < -0.39 is 24.5 Å². The van der Waals surface area contributed by atoms with Crippen LogP contribution in [0, 0.1) is 5.82 Å².